The van der Waals surface area contributed by atoms with E-state index in [0.29, 0.717) is 16.6 Å². The number of nitrogens with one attached hydrogen (secondary N) is 1. The zero-order valence-corrected chi connectivity index (χ0v) is 19.0. The summed E-state index contributed by atoms with van der Waals surface area (Å²) in [7, 11) is -2.03. The minimum absolute atomic E-state index is 0.00857. The second-order valence-corrected chi connectivity index (χ2v) is 10.3. The van der Waals surface area contributed by atoms with Crippen LogP contribution in [0.25, 0.3) is 0 Å². The summed E-state index contributed by atoms with van der Waals surface area (Å²) in [5, 5.41) is 4.52. The molecule has 2 atom stereocenters. The first-order valence-electron chi connectivity index (χ1n) is 9.65. The van der Waals surface area contributed by atoms with Crippen LogP contribution in [0.4, 0.5) is 4.39 Å². The monoisotopic (exact) mass is 482 g/mol. The number of benzene rings is 2. The van der Waals surface area contributed by atoms with Crippen molar-refractivity contribution in [3.8, 4) is 0 Å². The smallest absolute Gasteiger partial charge is 0.262 e. The largest absolute Gasteiger partial charge is 0.339 e. The predicted molar refractivity (Wildman–Crippen MR) is 118 cm³/mol. The van der Waals surface area contributed by atoms with Gasteiger partial charge in [0, 0.05) is 54.9 Å². The quantitative estimate of drug-likeness (QED) is 0.579. The van der Waals surface area contributed by atoms with Crippen molar-refractivity contribution in [2.45, 2.75) is 23.5 Å². The fraction of sp³-hybridized carbons (Fsp3) is 0.286. The molecule has 1 aliphatic rings. The third-order valence-corrected chi connectivity index (χ3v) is 7.74. The summed E-state index contributed by atoms with van der Waals surface area (Å²) in [5.41, 5.74) is 1.72. The molecule has 0 saturated carbocycles. The van der Waals surface area contributed by atoms with Gasteiger partial charge in [0.05, 0.1) is 6.33 Å². The van der Waals surface area contributed by atoms with E-state index in [9.17, 15) is 12.8 Å². The number of hydrogen-bond acceptors (Lipinski definition) is 4. The third kappa shape index (κ3) is 4.78. The zero-order valence-electron chi connectivity index (χ0n) is 16.7. The Labute approximate surface area is 190 Å². The van der Waals surface area contributed by atoms with Crippen molar-refractivity contribution in [3.63, 3.8) is 0 Å². The van der Waals surface area contributed by atoms with Crippen LogP contribution >= 0.6 is 23.2 Å². The van der Waals surface area contributed by atoms with Gasteiger partial charge >= 0.3 is 0 Å². The SMILES string of the molecule is Cn1cnc(S(=O)(=O)N2C[C@H](NCc3ccc(Cl)cc3Cl)[C@@H](c3ccc(F)cc3)C2)c1. The number of halogens is 3. The van der Waals surface area contributed by atoms with Crippen molar-refractivity contribution >= 4 is 33.2 Å². The molecule has 0 radical (unpaired) electrons. The molecule has 4 rings (SSSR count). The molecule has 2 heterocycles. The highest BCUT2D eigenvalue weighted by Crippen LogP contribution is 2.32. The summed E-state index contributed by atoms with van der Waals surface area (Å²) in [6.45, 7) is 0.957. The first kappa shape index (κ1) is 22.2. The van der Waals surface area contributed by atoms with E-state index in [4.69, 9.17) is 23.2 Å². The summed E-state index contributed by atoms with van der Waals surface area (Å²) in [5.74, 6) is -0.498. The molecular weight excluding hydrogens is 462 g/mol. The van der Waals surface area contributed by atoms with Gasteiger partial charge in [0.25, 0.3) is 10.0 Å². The molecule has 0 aliphatic carbocycles. The fourth-order valence-electron chi connectivity index (χ4n) is 3.78. The van der Waals surface area contributed by atoms with E-state index in [2.05, 4.69) is 10.3 Å². The standard InChI is InChI=1S/C21H21Cl2FN4O2S/c1-27-12-21(26-13-27)31(29,30)28-10-18(14-3-6-17(24)7-4-14)20(11-28)25-9-15-2-5-16(22)8-19(15)23/h2-8,12-13,18,20,25H,9-11H2,1H3/t18-,20+/m1/s1. The first-order valence-corrected chi connectivity index (χ1v) is 11.8. The number of hydrogen-bond donors (Lipinski definition) is 1. The Hall–Kier alpha value is -1.97. The summed E-state index contributed by atoms with van der Waals surface area (Å²) in [6, 6.07) is 11.2. The maximum Gasteiger partial charge on any atom is 0.262 e. The lowest BCUT2D eigenvalue weighted by Crippen LogP contribution is -2.36. The highest BCUT2D eigenvalue weighted by Gasteiger charge is 2.40. The zero-order chi connectivity index (χ0) is 22.2. The van der Waals surface area contributed by atoms with E-state index in [1.54, 1.807) is 35.9 Å². The number of imidazole rings is 1. The highest BCUT2D eigenvalue weighted by atomic mass is 35.5. The summed E-state index contributed by atoms with van der Waals surface area (Å²) < 4.78 is 42.7. The van der Waals surface area contributed by atoms with E-state index in [1.807, 2.05) is 6.07 Å². The molecule has 164 valence electrons. The molecule has 1 fully saturated rings. The highest BCUT2D eigenvalue weighted by molar-refractivity contribution is 7.89. The van der Waals surface area contributed by atoms with Gasteiger partial charge in [-0.1, -0.05) is 41.4 Å². The van der Waals surface area contributed by atoms with Crippen molar-refractivity contribution in [2.24, 2.45) is 7.05 Å². The summed E-state index contributed by atoms with van der Waals surface area (Å²) in [4.78, 5) is 4.01. The van der Waals surface area contributed by atoms with Gasteiger partial charge in [0.15, 0.2) is 5.03 Å². The van der Waals surface area contributed by atoms with Gasteiger partial charge in [-0.2, -0.15) is 4.31 Å². The van der Waals surface area contributed by atoms with Crippen LogP contribution in [-0.2, 0) is 23.6 Å². The number of rotatable bonds is 6. The molecule has 31 heavy (non-hydrogen) atoms. The van der Waals surface area contributed by atoms with Crippen LogP contribution in [0.2, 0.25) is 10.0 Å². The van der Waals surface area contributed by atoms with E-state index < -0.39 is 10.0 Å². The van der Waals surface area contributed by atoms with Crippen molar-refractivity contribution < 1.29 is 12.8 Å². The Morgan fingerprint density at radius 2 is 1.90 bits per heavy atom. The van der Waals surface area contributed by atoms with Crippen LogP contribution in [0.3, 0.4) is 0 Å². The molecular formula is C21H21Cl2FN4O2S. The topological polar surface area (TPSA) is 67.2 Å². The Bertz CT molecular complexity index is 1180. The van der Waals surface area contributed by atoms with E-state index in [0.717, 1.165) is 11.1 Å². The van der Waals surface area contributed by atoms with Gasteiger partial charge in [-0.3, -0.25) is 0 Å². The maximum atomic E-state index is 13.4. The van der Waals surface area contributed by atoms with Gasteiger partial charge in [0.2, 0.25) is 0 Å². The molecule has 2 aromatic carbocycles. The lowest BCUT2D eigenvalue weighted by Gasteiger charge is -2.20. The van der Waals surface area contributed by atoms with Gasteiger partial charge < -0.3 is 9.88 Å². The molecule has 3 aromatic rings. The molecule has 6 nitrogen and oxygen atoms in total. The predicted octanol–water partition coefficient (Wildman–Crippen LogP) is 3.81. The van der Waals surface area contributed by atoms with Crippen LogP contribution in [0.5, 0.6) is 0 Å². The van der Waals surface area contributed by atoms with Crippen molar-refractivity contribution in [2.75, 3.05) is 13.1 Å². The van der Waals surface area contributed by atoms with Crippen molar-refractivity contribution in [1.82, 2.24) is 19.2 Å². The molecule has 0 spiro atoms. The Balaban J connectivity index is 1.59. The van der Waals surface area contributed by atoms with Crippen LogP contribution in [-0.4, -0.2) is 41.4 Å². The van der Waals surface area contributed by atoms with Gasteiger partial charge in [-0.15, -0.1) is 0 Å². The lowest BCUT2D eigenvalue weighted by molar-refractivity contribution is 0.454. The Kier molecular flexibility index (Phi) is 6.37. The Morgan fingerprint density at radius 1 is 1.16 bits per heavy atom. The second-order valence-electron chi connectivity index (χ2n) is 7.58. The van der Waals surface area contributed by atoms with Crippen LogP contribution < -0.4 is 5.32 Å². The number of aryl methyl sites for hydroxylation is 1. The molecule has 1 saturated heterocycles. The molecule has 1 aliphatic heterocycles. The second kappa shape index (κ2) is 8.88. The Morgan fingerprint density at radius 3 is 2.55 bits per heavy atom. The van der Waals surface area contributed by atoms with Gasteiger partial charge in [-0.05, 0) is 35.4 Å². The average molecular weight is 483 g/mol. The van der Waals surface area contributed by atoms with Crippen LogP contribution in [0.15, 0.2) is 60.0 Å². The summed E-state index contributed by atoms with van der Waals surface area (Å²) in [6.07, 6.45) is 2.94. The van der Waals surface area contributed by atoms with Gasteiger partial charge in [-0.25, -0.2) is 17.8 Å². The molecule has 0 unspecified atom stereocenters. The third-order valence-electron chi connectivity index (χ3n) is 5.44. The maximum absolute atomic E-state index is 13.4. The molecule has 1 N–H and O–H groups in total. The molecule has 1 aromatic heterocycles. The molecule has 0 bridgehead atoms. The van der Waals surface area contributed by atoms with E-state index in [1.165, 1.54) is 29.0 Å². The lowest BCUT2D eigenvalue weighted by atomic mass is 9.94. The van der Waals surface area contributed by atoms with Crippen LogP contribution in [0.1, 0.15) is 17.0 Å². The van der Waals surface area contributed by atoms with Crippen molar-refractivity contribution in [1.29, 1.82) is 0 Å². The minimum atomic E-state index is -3.75. The molecule has 10 heteroatoms. The number of nitrogens with zero attached hydrogens (tertiary/aromatic N) is 3. The fourth-order valence-corrected chi connectivity index (χ4v) is 5.71. The first-order chi connectivity index (χ1) is 14.7. The van der Waals surface area contributed by atoms with Crippen molar-refractivity contribution in [3.05, 3.63) is 82.0 Å². The summed E-state index contributed by atoms with van der Waals surface area (Å²) >= 11 is 12.3. The molecule has 0 amide bonds. The number of sulfonamides is 1. The normalized spacial score (nSPS) is 19.7. The van der Waals surface area contributed by atoms with E-state index >= 15 is 0 Å². The average Bonchev–Trinajstić information content (AvgIpc) is 3.35. The van der Waals surface area contributed by atoms with Crippen LogP contribution in [0, 0.1) is 5.82 Å². The number of aromatic nitrogens is 2. The van der Waals surface area contributed by atoms with E-state index in [-0.39, 0.29) is 35.9 Å². The minimum Gasteiger partial charge on any atom is -0.339 e. The van der Waals surface area contributed by atoms with Gasteiger partial charge in [0.1, 0.15) is 5.82 Å².